The fraction of sp³-hybridized carbons (Fsp3) is 0.912. The lowest BCUT2D eigenvalue weighted by molar-refractivity contribution is -0.167. The van der Waals surface area contributed by atoms with Crippen molar-refractivity contribution in [3.05, 3.63) is 12.2 Å². The van der Waals surface area contributed by atoms with Crippen LogP contribution in [0.5, 0.6) is 0 Å². The van der Waals surface area contributed by atoms with Crippen molar-refractivity contribution < 1.29 is 28.6 Å². The summed E-state index contributed by atoms with van der Waals surface area (Å²) >= 11 is 0. The minimum absolute atomic E-state index is 0.0670. The number of rotatable bonds is 52. The zero-order valence-electron chi connectivity index (χ0n) is 42.6. The summed E-state index contributed by atoms with van der Waals surface area (Å²) in [5.41, 5.74) is 0. The molecule has 0 aromatic rings. The largest absolute Gasteiger partial charge is 0.462 e. The third-order valence-electron chi connectivity index (χ3n) is 12.8. The molecule has 0 bridgehead atoms. The number of unbranched alkanes of at least 4 members (excludes halogenated alkanes) is 39. The van der Waals surface area contributed by atoms with Gasteiger partial charge in [-0.2, -0.15) is 0 Å². The normalized spacial score (nSPS) is 12.0. The van der Waals surface area contributed by atoms with Crippen LogP contribution in [0.15, 0.2) is 12.2 Å². The SMILES string of the molecule is CCCCCCCC/C=C\CCCCCCCCCC(=O)OC(COC(=O)CCCCCCCC)COC(=O)CCCCCCCCCCCCCCCCCCCCCCCC. The molecule has 0 saturated heterocycles. The summed E-state index contributed by atoms with van der Waals surface area (Å²) in [6, 6.07) is 0. The molecule has 0 aliphatic rings. The summed E-state index contributed by atoms with van der Waals surface area (Å²) in [5, 5.41) is 0. The minimum Gasteiger partial charge on any atom is -0.462 e. The molecule has 0 saturated carbocycles. The maximum atomic E-state index is 12.8. The number of ether oxygens (including phenoxy) is 3. The Morgan fingerprint density at radius 1 is 0.302 bits per heavy atom. The maximum absolute atomic E-state index is 12.8. The summed E-state index contributed by atoms with van der Waals surface area (Å²) in [5.74, 6) is -0.862. The van der Waals surface area contributed by atoms with E-state index in [2.05, 4.69) is 32.9 Å². The number of hydrogen-bond donors (Lipinski definition) is 0. The van der Waals surface area contributed by atoms with E-state index < -0.39 is 6.10 Å². The fourth-order valence-electron chi connectivity index (χ4n) is 8.50. The highest BCUT2D eigenvalue weighted by atomic mass is 16.6. The monoisotopic (exact) mass is 889 g/mol. The highest BCUT2D eigenvalue weighted by Gasteiger charge is 2.19. The lowest BCUT2D eigenvalue weighted by atomic mass is 10.0. The third kappa shape index (κ3) is 51.0. The van der Waals surface area contributed by atoms with E-state index in [9.17, 15) is 14.4 Å². The van der Waals surface area contributed by atoms with Crippen molar-refractivity contribution in [1.82, 2.24) is 0 Å². The molecule has 0 aliphatic carbocycles. The second kappa shape index (κ2) is 52.8. The molecule has 1 unspecified atom stereocenters. The molecule has 6 nitrogen and oxygen atoms in total. The third-order valence-corrected chi connectivity index (χ3v) is 12.8. The van der Waals surface area contributed by atoms with Gasteiger partial charge in [0.05, 0.1) is 0 Å². The lowest BCUT2D eigenvalue weighted by Crippen LogP contribution is -2.30. The van der Waals surface area contributed by atoms with Crippen LogP contribution in [-0.4, -0.2) is 37.2 Å². The van der Waals surface area contributed by atoms with Gasteiger partial charge in [-0.3, -0.25) is 14.4 Å². The van der Waals surface area contributed by atoms with Crippen molar-refractivity contribution in [2.24, 2.45) is 0 Å². The van der Waals surface area contributed by atoms with Crippen molar-refractivity contribution in [2.45, 2.75) is 322 Å². The second-order valence-corrected chi connectivity index (χ2v) is 19.2. The van der Waals surface area contributed by atoms with Gasteiger partial charge in [-0.1, -0.05) is 264 Å². The Labute approximate surface area is 392 Å². The Hall–Kier alpha value is -1.85. The van der Waals surface area contributed by atoms with Gasteiger partial charge >= 0.3 is 17.9 Å². The topological polar surface area (TPSA) is 78.9 Å². The molecule has 0 aliphatic heterocycles. The number of hydrogen-bond acceptors (Lipinski definition) is 6. The maximum Gasteiger partial charge on any atom is 0.306 e. The molecule has 372 valence electrons. The predicted molar refractivity (Wildman–Crippen MR) is 270 cm³/mol. The number of allylic oxidation sites excluding steroid dienone is 2. The highest BCUT2D eigenvalue weighted by molar-refractivity contribution is 5.71. The van der Waals surface area contributed by atoms with Crippen molar-refractivity contribution in [1.29, 1.82) is 0 Å². The molecular weight excluding hydrogens is 781 g/mol. The molecule has 0 radical (unpaired) electrons. The number of esters is 3. The quantitative estimate of drug-likeness (QED) is 0.0262. The fourth-order valence-corrected chi connectivity index (χ4v) is 8.50. The molecule has 0 N–H and O–H groups in total. The Balaban J connectivity index is 4.09. The summed E-state index contributed by atoms with van der Waals surface area (Å²) < 4.78 is 16.8. The molecule has 0 aromatic heterocycles. The number of carbonyl (C=O) groups is 3. The molecule has 0 amide bonds. The van der Waals surface area contributed by atoms with E-state index in [-0.39, 0.29) is 31.1 Å². The minimum atomic E-state index is -0.765. The first kappa shape index (κ1) is 61.1. The molecule has 0 rings (SSSR count). The van der Waals surface area contributed by atoms with Crippen LogP contribution in [0.2, 0.25) is 0 Å². The van der Waals surface area contributed by atoms with Crippen molar-refractivity contribution in [3.63, 3.8) is 0 Å². The molecule has 1 atom stereocenters. The van der Waals surface area contributed by atoms with Crippen LogP contribution in [0.1, 0.15) is 316 Å². The van der Waals surface area contributed by atoms with E-state index in [0.29, 0.717) is 19.3 Å². The van der Waals surface area contributed by atoms with Crippen LogP contribution in [0, 0.1) is 0 Å². The second-order valence-electron chi connectivity index (χ2n) is 19.2. The van der Waals surface area contributed by atoms with Gasteiger partial charge in [0, 0.05) is 19.3 Å². The first-order valence-corrected chi connectivity index (χ1v) is 28.2. The van der Waals surface area contributed by atoms with E-state index in [1.807, 2.05) is 0 Å². The van der Waals surface area contributed by atoms with E-state index in [1.165, 1.54) is 218 Å². The van der Waals surface area contributed by atoms with Gasteiger partial charge < -0.3 is 14.2 Å². The molecule has 0 heterocycles. The van der Waals surface area contributed by atoms with Gasteiger partial charge in [-0.05, 0) is 44.9 Å². The zero-order chi connectivity index (χ0) is 45.8. The van der Waals surface area contributed by atoms with Crippen LogP contribution < -0.4 is 0 Å². The van der Waals surface area contributed by atoms with E-state index in [1.54, 1.807) is 0 Å². The Kier molecular flexibility index (Phi) is 51.2. The Bertz CT molecular complexity index is 978. The standard InChI is InChI=1S/C57H108O6/c1-4-7-10-13-16-18-20-22-24-26-27-28-29-30-32-33-35-37-39-41-44-47-50-56(59)62-53-54(52-61-55(58)49-46-43-15-12-9-6-3)63-57(60)51-48-45-42-40-38-36-34-31-25-23-21-19-17-14-11-8-5-2/h23,25,54H,4-22,24,26-53H2,1-3H3/b25-23-. The molecule has 0 fully saturated rings. The van der Waals surface area contributed by atoms with Crippen LogP contribution in [0.25, 0.3) is 0 Å². The predicted octanol–water partition coefficient (Wildman–Crippen LogP) is 18.5. The van der Waals surface area contributed by atoms with Gasteiger partial charge in [-0.15, -0.1) is 0 Å². The number of carbonyl (C=O) groups excluding carboxylic acids is 3. The van der Waals surface area contributed by atoms with E-state index >= 15 is 0 Å². The summed E-state index contributed by atoms with van der Waals surface area (Å²) in [7, 11) is 0. The first-order valence-electron chi connectivity index (χ1n) is 28.2. The van der Waals surface area contributed by atoms with Crippen LogP contribution >= 0.6 is 0 Å². The summed E-state index contributed by atoms with van der Waals surface area (Å²) in [4.78, 5) is 37.8. The molecule has 0 spiro atoms. The van der Waals surface area contributed by atoms with Gasteiger partial charge in [-0.25, -0.2) is 0 Å². The van der Waals surface area contributed by atoms with Gasteiger partial charge in [0.15, 0.2) is 6.10 Å². The smallest absolute Gasteiger partial charge is 0.306 e. The lowest BCUT2D eigenvalue weighted by Gasteiger charge is -2.18. The van der Waals surface area contributed by atoms with Crippen molar-refractivity contribution in [2.75, 3.05) is 13.2 Å². The van der Waals surface area contributed by atoms with E-state index in [4.69, 9.17) is 14.2 Å². The first-order chi connectivity index (χ1) is 31.0. The molecule has 0 aromatic carbocycles. The van der Waals surface area contributed by atoms with Gasteiger partial charge in [0.2, 0.25) is 0 Å². The summed E-state index contributed by atoms with van der Waals surface area (Å²) in [6.45, 7) is 6.62. The van der Waals surface area contributed by atoms with Crippen LogP contribution in [0.3, 0.4) is 0 Å². The average Bonchev–Trinajstić information content (AvgIpc) is 3.28. The van der Waals surface area contributed by atoms with Gasteiger partial charge in [0.25, 0.3) is 0 Å². The van der Waals surface area contributed by atoms with Gasteiger partial charge in [0.1, 0.15) is 13.2 Å². The molecule has 63 heavy (non-hydrogen) atoms. The Morgan fingerprint density at radius 2 is 0.524 bits per heavy atom. The average molecular weight is 889 g/mol. The van der Waals surface area contributed by atoms with Crippen molar-refractivity contribution in [3.8, 4) is 0 Å². The molecular formula is C57H108O6. The highest BCUT2D eigenvalue weighted by Crippen LogP contribution is 2.17. The van der Waals surface area contributed by atoms with Crippen LogP contribution in [-0.2, 0) is 28.6 Å². The van der Waals surface area contributed by atoms with Crippen LogP contribution in [0.4, 0.5) is 0 Å². The van der Waals surface area contributed by atoms with E-state index in [0.717, 1.165) is 57.8 Å². The van der Waals surface area contributed by atoms with Crippen molar-refractivity contribution >= 4 is 17.9 Å². The Morgan fingerprint density at radius 3 is 0.794 bits per heavy atom. The molecule has 6 heteroatoms. The summed E-state index contributed by atoms with van der Waals surface area (Å²) in [6.07, 6.45) is 59.5. The zero-order valence-corrected chi connectivity index (χ0v) is 42.6.